The molecule has 0 atom stereocenters. The highest BCUT2D eigenvalue weighted by Crippen LogP contribution is 2.20. The summed E-state index contributed by atoms with van der Waals surface area (Å²) in [5.41, 5.74) is 2.83. The van der Waals surface area contributed by atoms with E-state index in [4.69, 9.17) is 0 Å². The smallest absolute Gasteiger partial charge is 0.0364 e. The van der Waals surface area contributed by atoms with Crippen molar-refractivity contribution in [1.82, 2.24) is 10.2 Å². The molecule has 0 aromatic heterocycles. The Kier molecular flexibility index (Phi) is 4.48. The molecule has 0 spiro atoms. The molecule has 1 aliphatic heterocycles. The maximum atomic E-state index is 3.42. The van der Waals surface area contributed by atoms with Gasteiger partial charge in [0.25, 0.3) is 0 Å². The van der Waals surface area contributed by atoms with Gasteiger partial charge < -0.3 is 10.2 Å². The highest BCUT2D eigenvalue weighted by atomic mass is 15.3. The first-order valence-electron chi connectivity index (χ1n) is 7.23. The van der Waals surface area contributed by atoms with Crippen LogP contribution in [0.25, 0.3) is 0 Å². The maximum Gasteiger partial charge on any atom is 0.0364 e. The van der Waals surface area contributed by atoms with Crippen molar-refractivity contribution in [3.63, 3.8) is 0 Å². The van der Waals surface area contributed by atoms with Crippen LogP contribution in [0.5, 0.6) is 0 Å². The minimum atomic E-state index is 0.210. The van der Waals surface area contributed by atoms with E-state index in [1.165, 1.54) is 11.3 Å². The van der Waals surface area contributed by atoms with Crippen molar-refractivity contribution in [1.29, 1.82) is 0 Å². The fourth-order valence-electron chi connectivity index (χ4n) is 2.84. The van der Waals surface area contributed by atoms with Crippen molar-refractivity contribution in [2.75, 3.05) is 44.7 Å². The van der Waals surface area contributed by atoms with E-state index in [-0.39, 0.29) is 5.54 Å². The summed E-state index contributed by atoms with van der Waals surface area (Å²) in [5, 5.41) is 3.42. The van der Waals surface area contributed by atoms with Crippen LogP contribution in [0, 0.1) is 6.92 Å². The molecule has 0 saturated carbocycles. The van der Waals surface area contributed by atoms with Gasteiger partial charge in [-0.3, -0.25) is 4.90 Å². The topological polar surface area (TPSA) is 18.5 Å². The number of nitrogens with one attached hydrogen (secondary N) is 1. The second kappa shape index (κ2) is 5.93. The molecule has 1 aliphatic rings. The Labute approximate surface area is 117 Å². The first-order chi connectivity index (χ1) is 8.99. The van der Waals surface area contributed by atoms with E-state index in [0.717, 1.165) is 32.7 Å². The number of benzene rings is 1. The van der Waals surface area contributed by atoms with Crippen molar-refractivity contribution in [2.24, 2.45) is 0 Å². The second-order valence-electron chi connectivity index (χ2n) is 6.24. The summed E-state index contributed by atoms with van der Waals surface area (Å²) in [5.74, 6) is 0. The van der Waals surface area contributed by atoms with Crippen molar-refractivity contribution >= 4 is 5.69 Å². The molecule has 1 N–H and O–H groups in total. The third kappa shape index (κ3) is 3.71. The standard InChI is InChI=1S/C16H27N3/c1-14-5-7-15(8-6-14)18(4)13-16(2,3)19-11-9-17-10-12-19/h5-8,17H,9-13H2,1-4H3. The Morgan fingerprint density at radius 3 is 2.32 bits per heavy atom. The minimum absolute atomic E-state index is 0.210. The van der Waals surface area contributed by atoms with Crippen LogP contribution < -0.4 is 10.2 Å². The number of likely N-dealkylation sites (N-methyl/N-ethyl adjacent to an activating group) is 1. The molecule has 1 saturated heterocycles. The second-order valence-corrected chi connectivity index (χ2v) is 6.24. The highest BCUT2D eigenvalue weighted by Gasteiger charge is 2.29. The normalized spacial score (nSPS) is 17.5. The van der Waals surface area contributed by atoms with E-state index >= 15 is 0 Å². The SMILES string of the molecule is Cc1ccc(N(C)CC(C)(C)N2CCNCC2)cc1. The molecule has 3 heteroatoms. The maximum absolute atomic E-state index is 3.42. The molecule has 1 aromatic carbocycles. The summed E-state index contributed by atoms with van der Waals surface area (Å²) in [6.07, 6.45) is 0. The lowest BCUT2D eigenvalue weighted by atomic mass is 10.0. The summed E-state index contributed by atoms with van der Waals surface area (Å²) in [6, 6.07) is 8.79. The number of anilines is 1. The van der Waals surface area contributed by atoms with Crippen LogP contribution >= 0.6 is 0 Å². The van der Waals surface area contributed by atoms with Crippen LogP contribution in [0.4, 0.5) is 5.69 Å². The molecule has 0 amide bonds. The van der Waals surface area contributed by atoms with E-state index in [1.807, 2.05) is 0 Å². The van der Waals surface area contributed by atoms with Crippen molar-refractivity contribution < 1.29 is 0 Å². The predicted octanol–water partition coefficient (Wildman–Crippen LogP) is 2.12. The first-order valence-corrected chi connectivity index (χ1v) is 7.23. The molecule has 19 heavy (non-hydrogen) atoms. The molecule has 1 aromatic rings. The van der Waals surface area contributed by atoms with Gasteiger partial charge in [-0.1, -0.05) is 17.7 Å². The van der Waals surface area contributed by atoms with E-state index in [2.05, 4.69) is 67.2 Å². The molecule has 0 radical (unpaired) electrons. The van der Waals surface area contributed by atoms with E-state index < -0.39 is 0 Å². The Morgan fingerprint density at radius 1 is 1.16 bits per heavy atom. The van der Waals surface area contributed by atoms with Crippen LogP contribution in [0.2, 0.25) is 0 Å². The van der Waals surface area contributed by atoms with Crippen LogP contribution in [0.3, 0.4) is 0 Å². The zero-order chi connectivity index (χ0) is 13.9. The number of aryl methyl sites for hydroxylation is 1. The fourth-order valence-corrected chi connectivity index (χ4v) is 2.84. The third-order valence-electron chi connectivity index (χ3n) is 4.07. The Balaban J connectivity index is 2.00. The lowest BCUT2D eigenvalue weighted by molar-refractivity contribution is 0.109. The number of hydrogen-bond donors (Lipinski definition) is 1. The fraction of sp³-hybridized carbons (Fsp3) is 0.625. The van der Waals surface area contributed by atoms with Gasteiger partial charge in [-0.2, -0.15) is 0 Å². The van der Waals surface area contributed by atoms with Gasteiger partial charge in [-0.05, 0) is 32.9 Å². The number of rotatable bonds is 4. The Hall–Kier alpha value is -1.06. The Bertz CT molecular complexity index is 391. The zero-order valence-electron chi connectivity index (χ0n) is 12.7. The van der Waals surface area contributed by atoms with Crippen LogP contribution in [-0.4, -0.2) is 50.2 Å². The van der Waals surface area contributed by atoms with Crippen LogP contribution in [0.1, 0.15) is 19.4 Å². The van der Waals surface area contributed by atoms with Gasteiger partial charge in [0.1, 0.15) is 0 Å². The van der Waals surface area contributed by atoms with Gasteiger partial charge in [0.15, 0.2) is 0 Å². The predicted molar refractivity (Wildman–Crippen MR) is 83.0 cm³/mol. The number of nitrogens with zero attached hydrogens (tertiary/aromatic N) is 2. The van der Waals surface area contributed by atoms with E-state index in [0.29, 0.717) is 0 Å². The largest absolute Gasteiger partial charge is 0.373 e. The summed E-state index contributed by atoms with van der Waals surface area (Å²) in [7, 11) is 2.19. The monoisotopic (exact) mass is 261 g/mol. The molecule has 0 aliphatic carbocycles. The van der Waals surface area contributed by atoms with Crippen LogP contribution in [0.15, 0.2) is 24.3 Å². The summed E-state index contributed by atoms with van der Waals surface area (Å²) in [6.45, 7) is 12.4. The van der Waals surface area contributed by atoms with Gasteiger partial charge in [-0.15, -0.1) is 0 Å². The summed E-state index contributed by atoms with van der Waals surface area (Å²) in [4.78, 5) is 4.95. The number of hydrogen-bond acceptors (Lipinski definition) is 3. The number of piperazine rings is 1. The average Bonchev–Trinajstić information content (AvgIpc) is 2.40. The molecule has 1 heterocycles. The van der Waals surface area contributed by atoms with E-state index in [1.54, 1.807) is 0 Å². The highest BCUT2D eigenvalue weighted by molar-refractivity contribution is 5.47. The van der Waals surface area contributed by atoms with Crippen molar-refractivity contribution in [2.45, 2.75) is 26.3 Å². The van der Waals surface area contributed by atoms with E-state index in [9.17, 15) is 0 Å². The Morgan fingerprint density at radius 2 is 1.74 bits per heavy atom. The quantitative estimate of drug-likeness (QED) is 0.895. The van der Waals surface area contributed by atoms with Gasteiger partial charge in [0.05, 0.1) is 0 Å². The van der Waals surface area contributed by atoms with Gasteiger partial charge in [0, 0.05) is 51.0 Å². The summed E-state index contributed by atoms with van der Waals surface area (Å²) < 4.78 is 0. The first kappa shape index (κ1) is 14.4. The molecule has 1 fully saturated rings. The van der Waals surface area contributed by atoms with Gasteiger partial charge in [-0.25, -0.2) is 0 Å². The third-order valence-corrected chi connectivity index (χ3v) is 4.07. The lowest BCUT2D eigenvalue weighted by Crippen LogP contribution is -2.57. The van der Waals surface area contributed by atoms with Crippen molar-refractivity contribution in [3.8, 4) is 0 Å². The van der Waals surface area contributed by atoms with Crippen LogP contribution in [-0.2, 0) is 0 Å². The molecule has 0 unspecified atom stereocenters. The molecular formula is C16H27N3. The summed E-state index contributed by atoms with van der Waals surface area (Å²) >= 11 is 0. The molecule has 0 bridgehead atoms. The lowest BCUT2D eigenvalue weighted by Gasteiger charge is -2.43. The molecule has 3 nitrogen and oxygen atoms in total. The van der Waals surface area contributed by atoms with Gasteiger partial charge in [0.2, 0.25) is 0 Å². The molecule has 106 valence electrons. The molecule has 2 rings (SSSR count). The zero-order valence-corrected chi connectivity index (χ0v) is 12.7. The average molecular weight is 261 g/mol. The van der Waals surface area contributed by atoms with Crippen molar-refractivity contribution in [3.05, 3.63) is 29.8 Å². The minimum Gasteiger partial charge on any atom is -0.373 e. The molecular weight excluding hydrogens is 234 g/mol. The van der Waals surface area contributed by atoms with Gasteiger partial charge >= 0.3 is 0 Å².